The molecular weight excluding hydrogens is 327 g/mol. The lowest BCUT2D eigenvalue weighted by Gasteiger charge is -2.38. The van der Waals surface area contributed by atoms with Gasteiger partial charge < -0.3 is 12.3 Å². The van der Waals surface area contributed by atoms with Crippen molar-refractivity contribution in [3.63, 3.8) is 0 Å². The van der Waals surface area contributed by atoms with E-state index in [1.807, 2.05) is 26.2 Å². The van der Waals surface area contributed by atoms with Crippen LogP contribution in [0.15, 0.2) is 0 Å². The molecule has 0 aliphatic rings. The van der Waals surface area contributed by atoms with Gasteiger partial charge >= 0.3 is 24.1 Å². The Labute approximate surface area is 119 Å². The van der Waals surface area contributed by atoms with E-state index in [2.05, 4.69) is 19.6 Å². The summed E-state index contributed by atoms with van der Waals surface area (Å²) in [6, 6.07) is 0. The van der Waals surface area contributed by atoms with Crippen molar-refractivity contribution >= 4 is 54.5 Å². The van der Waals surface area contributed by atoms with Crippen LogP contribution >= 0.6 is 22.2 Å². The molecule has 0 fully saturated rings. The van der Waals surface area contributed by atoms with Crippen molar-refractivity contribution in [1.29, 1.82) is 0 Å². The van der Waals surface area contributed by atoms with Crippen LogP contribution in [0.4, 0.5) is 0 Å². The van der Waals surface area contributed by atoms with Crippen LogP contribution in [-0.4, -0.2) is 32.4 Å². The quantitative estimate of drug-likeness (QED) is 0.527. The summed E-state index contributed by atoms with van der Waals surface area (Å²) < 4.78 is 18.0. The zero-order valence-electron chi connectivity index (χ0n) is 12.0. The van der Waals surface area contributed by atoms with Crippen LogP contribution in [0.1, 0.15) is 0 Å². The molecule has 0 heterocycles. The predicted molar refractivity (Wildman–Crippen MR) is 84.9 cm³/mol. The van der Waals surface area contributed by atoms with E-state index in [4.69, 9.17) is 34.5 Å². The zero-order chi connectivity index (χ0) is 14.1. The first kappa shape index (κ1) is 18.3. The molecule has 0 aromatic rings. The smallest absolute Gasteiger partial charge is 0.377 e. The lowest BCUT2D eigenvalue weighted by molar-refractivity contribution is 0.336. The highest BCUT2D eigenvalue weighted by Crippen LogP contribution is 2.26. The Morgan fingerprint density at radius 1 is 0.588 bits per heavy atom. The Morgan fingerprint density at radius 3 is 1.24 bits per heavy atom. The number of halogens is 2. The molecule has 17 heavy (non-hydrogen) atoms. The van der Waals surface area contributed by atoms with Gasteiger partial charge in [0.2, 0.25) is 0 Å². The van der Waals surface area contributed by atoms with Gasteiger partial charge in [0.25, 0.3) is 0 Å². The summed E-state index contributed by atoms with van der Waals surface area (Å²) in [6.07, 6.45) is 0. The van der Waals surface area contributed by atoms with Crippen LogP contribution in [-0.2, 0) is 12.3 Å². The van der Waals surface area contributed by atoms with Crippen LogP contribution in [0.2, 0.25) is 52.4 Å². The largest absolute Gasteiger partial charge is 0.437 e. The molecule has 0 bridgehead atoms. The van der Waals surface area contributed by atoms with Crippen molar-refractivity contribution in [2.45, 2.75) is 52.4 Å². The molecule has 9 heteroatoms. The molecular formula is C8H24Cl2O3Si4. The number of hydrogen-bond donors (Lipinski definition) is 0. The van der Waals surface area contributed by atoms with Crippen molar-refractivity contribution in [2.75, 3.05) is 0 Å². The molecule has 0 aliphatic carbocycles. The normalized spacial score (nSPS) is 15.2. The molecule has 0 aromatic heterocycles. The molecule has 0 aromatic carbocycles. The Morgan fingerprint density at radius 2 is 0.941 bits per heavy atom. The van der Waals surface area contributed by atoms with Gasteiger partial charge in [-0.2, -0.15) is 0 Å². The zero-order valence-corrected chi connectivity index (χ0v) is 17.5. The molecule has 0 rings (SSSR count). The molecule has 3 nitrogen and oxygen atoms in total. The van der Waals surface area contributed by atoms with Crippen molar-refractivity contribution in [3.05, 3.63) is 0 Å². The Balaban J connectivity index is 4.59. The topological polar surface area (TPSA) is 27.7 Å². The van der Waals surface area contributed by atoms with Gasteiger partial charge in [0, 0.05) is 0 Å². The second-order valence-corrected chi connectivity index (χ2v) is 24.8. The van der Waals surface area contributed by atoms with Crippen molar-refractivity contribution in [1.82, 2.24) is 0 Å². The maximum Gasteiger partial charge on any atom is 0.377 e. The summed E-state index contributed by atoms with van der Waals surface area (Å²) in [6.45, 7) is 13.6. The van der Waals surface area contributed by atoms with E-state index >= 15 is 0 Å². The van der Waals surface area contributed by atoms with Gasteiger partial charge in [-0.05, 0) is 52.4 Å². The van der Waals surface area contributed by atoms with E-state index < -0.39 is 32.4 Å². The predicted octanol–water partition coefficient (Wildman–Crippen LogP) is 4.32. The molecule has 0 spiro atoms. The molecule has 0 N–H and O–H groups in total. The molecule has 0 atom stereocenters. The third kappa shape index (κ3) is 10.9. The Kier molecular flexibility index (Phi) is 6.21. The molecule has 0 saturated heterocycles. The lowest BCUT2D eigenvalue weighted by Crippen LogP contribution is -2.54. The first-order valence-corrected chi connectivity index (χ1v) is 19.1. The number of rotatable bonds is 6. The summed E-state index contributed by atoms with van der Waals surface area (Å²) in [5.74, 6) is 0. The fourth-order valence-corrected chi connectivity index (χ4v) is 20.3. The minimum Gasteiger partial charge on any atom is -0.437 e. The van der Waals surface area contributed by atoms with Crippen LogP contribution < -0.4 is 0 Å². The molecule has 0 amide bonds. The Bertz CT molecular complexity index is 234. The average Bonchev–Trinajstić information content (AvgIpc) is 1.65. The summed E-state index contributed by atoms with van der Waals surface area (Å²) in [4.78, 5) is 0. The summed E-state index contributed by atoms with van der Waals surface area (Å²) in [5.41, 5.74) is 0. The van der Waals surface area contributed by atoms with Crippen molar-refractivity contribution in [3.8, 4) is 0 Å². The molecule has 0 saturated carbocycles. The van der Waals surface area contributed by atoms with Crippen LogP contribution in [0.25, 0.3) is 0 Å². The van der Waals surface area contributed by atoms with Gasteiger partial charge in [0.05, 0.1) is 0 Å². The second kappa shape index (κ2) is 5.76. The van der Waals surface area contributed by atoms with Crippen LogP contribution in [0.3, 0.4) is 0 Å². The summed E-state index contributed by atoms with van der Waals surface area (Å²) in [7, 11) is -6.09. The van der Waals surface area contributed by atoms with Crippen LogP contribution in [0.5, 0.6) is 0 Å². The molecule has 0 unspecified atom stereocenters. The van der Waals surface area contributed by atoms with E-state index in [1.165, 1.54) is 0 Å². The van der Waals surface area contributed by atoms with Gasteiger partial charge in [-0.15, -0.1) is 22.2 Å². The van der Waals surface area contributed by atoms with E-state index in [1.54, 1.807) is 6.55 Å². The van der Waals surface area contributed by atoms with Gasteiger partial charge in [0.1, 0.15) is 0 Å². The third-order valence-electron chi connectivity index (χ3n) is 1.47. The first-order chi connectivity index (χ1) is 7.12. The fourth-order valence-electron chi connectivity index (χ4n) is 1.80. The van der Waals surface area contributed by atoms with Gasteiger partial charge in [-0.1, -0.05) is 0 Å². The maximum absolute atomic E-state index is 6.12. The van der Waals surface area contributed by atoms with E-state index in [0.29, 0.717) is 0 Å². The molecule has 0 radical (unpaired) electrons. The van der Waals surface area contributed by atoms with Crippen molar-refractivity contribution < 1.29 is 12.3 Å². The van der Waals surface area contributed by atoms with E-state index in [0.717, 1.165) is 0 Å². The minimum atomic E-state index is -2.59. The van der Waals surface area contributed by atoms with Gasteiger partial charge in [0.15, 0.2) is 8.32 Å². The molecule has 104 valence electrons. The number of hydrogen-bond acceptors (Lipinski definition) is 3. The standard InChI is InChI=1S/C8H24Cl2O3Si4/c1-14(2,3)11-15(4,5)12-16(6,7)13-17(8,9)10/h1-8H3. The van der Waals surface area contributed by atoms with Crippen LogP contribution in [0, 0.1) is 0 Å². The molecule has 0 aliphatic heterocycles. The highest BCUT2D eigenvalue weighted by Gasteiger charge is 2.43. The monoisotopic (exact) mass is 350 g/mol. The van der Waals surface area contributed by atoms with E-state index in [-0.39, 0.29) is 0 Å². The SMILES string of the molecule is C[Si](C)(C)O[Si](C)(C)O[Si](C)(C)O[Si](C)(Cl)Cl. The van der Waals surface area contributed by atoms with Crippen molar-refractivity contribution in [2.24, 2.45) is 0 Å². The average molecular weight is 352 g/mol. The Hall–Kier alpha value is 1.33. The highest BCUT2D eigenvalue weighted by atomic mass is 35.7. The van der Waals surface area contributed by atoms with Gasteiger partial charge in [-0.3, -0.25) is 0 Å². The summed E-state index contributed by atoms with van der Waals surface area (Å²) in [5, 5.41) is 0. The third-order valence-corrected chi connectivity index (χ3v) is 14.6. The minimum absolute atomic E-state index is 1.60. The highest BCUT2D eigenvalue weighted by molar-refractivity contribution is 7.43. The lowest BCUT2D eigenvalue weighted by atomic mass is 11.8. The fraction of sp³-hybridized carbons (Fsp3) is 1.00. The first-order valence-electron chi connectivity index (χ1n) is 5.60. The van der Waals surface area contributed by atoms with E-state index in [9.17, 15) is 0 Å². The summed E-state index contributed by atoms with van der Waals surface area (Å²) >= 11 is 12.0. The van der Waals surface area contributed by atoms with Gasteiger partial charge in [-0.25, -0.2) is 0 Å². The second-order valence-electron chi connectivity index (χ2n) is 6.03. The maximum atomic E-state index is 6.12.